The first-order valence-corrected chi connectivity index (χ1v) is 9.62. The smallest absolute Gasteiger partial charge is 0.252 e. The van der Waals surface area contributed by atoms with Crippen molar-refractivity contribution >= 4 is 22.8 Å². The normalized spacial score (nSPS) is 19.1. The van der Waals surface area contributed by atoms with Crippen molar-refractivity contribution < 1.29 is 9.53 Å². The van der Waals surface area contributed by atoms with Gasteiger partial charge in [0.1, 0.15) is 12.1 Å². The maximum absolute atomic E-state index is 12.8. The lowest BCUT2D eigenvalue weighted by molar-refractivity contribution is 0.0946. The molecule has 1 aliphatic heterocycles. The summed E-state index contributed by atoms with van der Waals surface area (Å²) in [4.78, 5) is 27.9. The highest BCUT2D eigenvalue weighted by atomic mass is 16.5. The lowest BCUT2D eigenvalue weighted by Gasteiger charge is -2.25. The van der Waals surface area contributed by atoms with Gasteiger partial charge in [-0.2, -0.15) is 5.10 Å². The van der Waals surface area contributed by atoms with E-state index in [9.17, 15) is 4.79 Å². The van der Waals surface area contributed by atoms with Crippen molar-refractivity contribution in [2.75, 3.05) is 25.1 Å². The number of rotatable bonds is 5. The summed E-state index contributed by atoms with van der Waals surface area (Å²) in [6.07, 6.45) is 4.08. The summed E-state index contributed by atoms with van der Waals surface area (Å²) >= 11 is 0. The van der Waals surface area contributed by atoms with Gasteiger partial charge >= 0.3 is 0 Å². The zero-order valence-electron chi connectivity index (χ0n) is 17.1. The van der Waals surface area contributed by atoms with E-state index in [0.29, 0.717) is 12.1 Å². The number of amides is 1. The maximum atomic E-state index is 12.8. The molecule has 0 radical (unpaired) electrons. The van der Waals surface area contributed by atoms with Crippen LogP contribution in [0.2, 0.25) is 0 Å². The first kappa shape index (κ1) is 19.3. The topological polar surface area (TPSA) is 98.1 Å². The van der Waals surface area contributed by atoms with Gasteiger partial charge in [0.15, 0.2) is 5.65 Å². The zero-order chi connectivity index (χ0) is 20.5. The van der Waals surface area contributed by atoms with Crippen LogP contribution in [0.25, 0.3) is 11.0 Å². The molecule has 29 heavy (non-hydrogen) atoms. The van der Waals surface area contributed by atoms with Gasteiger partial charge in [0, 0.05) is 50.6 Å². The van der Waals surface area contributed by atoms with Crippen LogP contribution in [0.3, 0.4) is 0 Å². The number of ether oxygens (including phenoxy) is 1. The first-order valence-electron chi connectivity index (χ1n) is 9.62. The monoisotopic (exact) mass is 395 g/mol. The third-order valence-electron chi connectivity index (χ3n) is 5.42. The van der Waals surface area contributed by atoms with Crippen molar-refractivity contribution in [3.05, 3.63) is 41.6 Å². The van der Waals surface area contributed by atoms with Crippen LogP contribution < -0.4 is 10.2 Å². The Morgan fingerprint density at radius 1 is 1.28 bits per heavy atom. The summed E-state index contributed by atoms with van der Waals surface area (Å²) < 4.78 is 7.28. The molecule has 4 heterocycles. The van der Waals surface area contributed by atoms with E-state index in [1.54, 1.807) is 24.3 Å². The number of aromatic nitrogens is 5. The Morgan fingerprint density at radius 3 is 2.86 bits per heavy atom. The van der Waals surface area contributed by atoms with Crippen molar-refractivity contribution in [3.8, 4) is 0 Å². The average molecular weight is 395 g/mol. The standard InChI is InChI=1S/C20H25N7O2/c1-12-5-18(24-11-23-12)27-10-16(29-4)7-15(27)9-22-20(28)14-6-17-13(2)25-26(3)19(17)21-8-14/h5-6,8,11,15-16H,7,9-10H2,1-4H3,(H,22,28)/t15-,16-/m1/s1. The Kier molecular flexibility index (Phi) is 5.14. The van der Waals surface area contributed by atoms with E-state index in [-0.39, 0.29) is 18.1 Å². The fourth-order valence-corrected chi connectivity index (χ4v) is 3.86. The SMILES string of the molecule is CO[C@@H]1C[C@H](CNC(=O)c2cnc3c(c2)c(C)nn3C)N(c2cc(C)ncn2)C1. The van der Waals surface area contributed by atoms with Gasteiger partial charge in [-0.15, -0.1) is 0 Å². The number of carbonyl (C=O) groups excluding carboxylic acids is 1. The highest BCUT2D eigenvalue weighted by Crippen LogP contribution is 2.25. The molecule has 4 rings (SSSR count). The summed E-state index contributed by atoms with van der Waals surface area (Å²) in [5, 5.41) is 8.29. The molecule has 0 aliphatic carbocycles. The fourth-order valence-electron chi connectivity index (χ4n) is 3.86. The molecule has 1 fully saturated rings. The van der Waals surface area contributed by atoms with E-state index in [0.717, 1.165) is 41.2 Å². The second-order valence-corrected chi connectivity index (χ2v) is 7.43. The molecular weight excluding hydrogens is 370 g/mol. The molecule has 0 unspecified atom stereocenters. The summed E-state index contributed by atoms with van der Waals surface area (Å²) in [6.45, 7) is 5.08. The Bertz CT molecular complexity index is 1050. The summed E-state index contributed by atoms with van der Waals surface area (Å²) in [7, 11) is 3.56. The average Bonchev–Trinajstić information content (AvgIpc) is 3.26. The van der Waals surface area contributed by atoms with Crippen molar-refractivity contribution in [2.24, 2.45) is 7.05 Å². The Morgan fingerprint density at radius 2 is 2.10 bits per heavy atom. The molecule has 1 saturated heterocycles. The van der Waals surface area contributed by atoms with Gasteiger partial charge in [-0.3, -0.25) is 9.48 Å². The Balaban J connectivity index is 1.49. The van der Waals surface area contributed by atoms with Crippen LogP contribution in [0.15, 0.2) is 24.7 Å². The predicted octanol–water partition coefficient (Wildman–Crippen LogP) is 1.40. The quantitative estimate of drug-likeness (QED) is 0.697. The van der Waals surface area contributed by atoms with Gasteiger partial charge in [0.2, 0.25) is 0 Å². The number of hydrogen-bond donors (Lipinski definition) is 1. The van der Waals surface area contributed by atoms with Gasteiger partial charge in [0.05, 0.1) is 23.4 Å². The molecule has 9 nitrogen and oxygen atoms in total. The highest BCUT2D eigenvalue weighted by molar-refractivity contribution is 5.97. The van der Waals surface area contributed by atoms with E-state index < -0.39 is 0 Å². The number of methoxy groups -OCH3 is 1. The molecule has 9 heteroatoms. The Labute approximate surface area is 169 Å². The third kappa shape index (κ3) is 3.77. The van der Waals surface area contributed by atoms with E-state index in [1.807, 2.05) is 33.0 Å². The van der Waals surface area contributed by atoms with Crippen molar-refractivity contribution in [2.45, 2.75) is 32.4 Å². The molecule has 3 aromatic heterocycles. The van der Waals surface area contributed by atoms with Crippen LogP contribution in [0.1, 0.15) is 28.2 Å². The largest absolute Gasteiger partial charge is 0.380 e. The molecule has 0 bridgehead atoms. The number of fused-ring (bicyclic) bond motifs is 1. The van der Waals surface area contributed by atoms with Gasteiger partial charge in [-0.05, 0) is 26.3 Å². The lowest BCUT2D eigenvalue weighted by atomic mass is 10.1. The van der Waals surface area contributed by atoms with Gasteiger partial charge in [0.25, 0.3) is 5.91 Å². The number of nitrogens with zero attached hydrogens (tertiary/aromatic N) is 6. The number of aryl methyl sites for hydroxylation is 3. The minimum absolute atomic E-state index is 0.0926. The molecule has 1 N–H and O–H groups in total. The van der Waals surface area contributed by atoms with Crippen LogP contribution in [-0.2, 0) is 11.8 Å². The van der Waals surface area contributed by atoms with Crippen LogP contribution in [0.4, 0.5) is 5.82 Å². The summed E-state index contributed by atoms with van der Waals surface area (Å²) in [5.41, 5.74) is 3.06. The van der Waals surface area contributed by atoms with E-state index in [2.05, 4.69) is 30.3 Å². The van der Waals surface area contributed by atoms with E-state index >= 15 is 0 Å². The molecule has 3 aromatic rings. The van der Waals surface area contributed by atoms with Crippen molar-refractivity contribution in [3.63, 3.8) is 0 Å². The molecule has 1 amide bonds. The van der Waals surface area contributed by atoms with Crippen LogP contribution in [0.5, 0.6) is 0 Å². The molecule has 1 aliphatic rings. The van der Waals surface area contributed by atoms with Crippen LogP contribution in [-0.4, -0.2) is 63.0 Å². The molecule has 0 spiro atoms. The van der Waals surface area contributed by atoms with Crippen molar-refractivity contribution in [1.29, 1.82) is 0 Å². The van der Waals surface area contributed by atoms with Gasteiger partial charge in [-0.25, -0.2) is 15.0 Å². The number of nitrogens with one attached hydrogen (secondary N) is 1. The predicted molar refractivity (Wildman–Crippen MR) is 109 cm³/mol. The molecule has 2 atom stereocenters. The molecular formula is C20H25N7O2. The first-order chi connectivity index (χ1) is 14.0. The van der Waals surface area contributed by atoms with E-state index in [1.165, 1.54) is 0 Å². The summed E-state index contributed by atoms with van der Waals surface area (Å²) in [5.74, 6) is 0.702. The third-order valence-corrected chi connectivity index (χ3v) is 5.42. The fraction of sp³-hybridized carbons (Fsp3) is 0.450. The van der Waals surface area contributed by atoms with Crippen LogP contribution >= 0.6 is 0 Å². The van der Waals surface area contributed by atoms with Gasteiger partial charge < -0.3 is 15.0 Å². The van der Waals surface area contributed by atoms with Crippen molar-refractivity contribution in [1.82, 2.24) is 30.0 Å². The van der Waals surface area contributed by atoms with Crippen LogP contribution in [0, 0.1) is 13.8 Å². The number of hydrogen-bond acceptors (Lipinski definition) is 7. The van der Waals surface area contributed by atoms with Gasteiger partial charge in [-0.1, -0.05) is 0 Å². The number of carbonyl (C=O) groups is 1. The minimum atomic E-state index is -0.151. The maximum Gasteiger partial charge on any atom is 0.252 e. The minimum Gasteiger partial charge on any atom is -0.380 e. The second-order valence-electron chi connectivity index (χ2n) is 7.43. The highest BCUT2D eigenvalue weighted by Gasteiger charge is 2.33. The number of anilines is 1. The summed E-state index contributed by atoms with van der Waals surface area (Å²) in [6, 6.07) is 3.89. The lowest BCUT2D eigenvalue weighted by Crippen LogP contribution is -2.40. The molecule has 0 aromatic carbocycles. The van der Waals surface area contributed by atoms with E-state index in [4.69, 9.17) is 4.74 Å². The molecule has 0 saturated carbocycles. The zero-order valence-corrected chi connectivity index (χ0v) is 17.1. The molecule has 152 valence electrons. The number of pyridine rings is 1. The second kappa shape index (κ2) is 7.75. The Hall–Kier alpha value is -3.07.